The van der Waals surface area contributed by atoms with Gasteiger partial charge in [-0.15, -0.1) is 0 Å². The maximum Gasteiger partial charge on any atom is 0.323 e. The normalized spacial score (nSPS) is 14.8. The van der Waals surface area contributed by atoms with Crippen molar-refractivity contribution in [2.45, 2.75) is 20.3 Å². The van der Waals surface area contributed by atoms with Gasteiger partial charge in [-0.2, -0.15) is 5.10 Å². The fourth-order valence-electron chi connectivity index (χ4n) is 3.54. The van der Waals surface area contributed by atoms with E-state index >= 15 is 0 Å². The van der Waals surface area contributed by atoms with E-state index < -0.39 is 18.4 Å². The zero-order valence-corrected chi connectivity index (χ0v) is 20.4. The summed E-state index contributed by atoms with van der Waals surface area (Å²) in [4.78, 5) is 25.4. The van der Waals surface area contributed by atoms with Crippen molar-refractivity contribution in [2.75, 3.05) is 13.2 Å². The highest BCUT2D eigenvalue weighted by atomic mass is 32.2. The minimum absolute atomic E-state index is 0.226. The third-order valence-corrected chi connectivity index (χ3v) is 6.52. The van der Waals surface area contributed by atoms with Gasteiger partial charge in [0, 0.05) is 17.3 Å². The van der Waals surface area contributed by atoms with Crippen LogP contribution >= 0.6 is 24.0 Å². The number of carboxylic acids is 1. The number of rotatable bonds is 8. The molecule has 9 heteroatoms. The minimum Gasteiger partial charge on any atom is -0.494 e. The van der Waals surface area contributed by atoms with Crippen molar-refractivity contribution in [3.05, 3.63) is 70.8 Å². The second-order valence-electron chi connectivity index (χ2n) is 7.70. The van der Waals surface area contributed by atoms with Gasteiger partial charge in [0.05, 0.1) is 17.2 Å². The first-order valence-corrected chi connectivity index (χ1v) is 12.0. The Balaban J connectivity index is 1.78. The molecule has 1 aliphatic heterocycles. The molecule has 0 aliphatic carbocycles. The summed E-state index contributed by atoms with van der Waals surface area (Å²) in [5.41, 5.74) is 4.20. The number of hydrogen-bond acceptors (Lipinski definition) is 6. The van der Waals surface area contributed by atoms with E-state index in [1.807, 2.05) is 61.7 Å². The van der Waals surface area contributed by atoms with Crippen molar-refractivity contribution in [1.82, 2.24) is 14.7 Å². The Kier molecular flexibility index (Phi) is 7.14. The Morgan fingerprint density at radius 1 is 1.24 bits per heavy atom. The Hall–Kier alpha value is -3.43. The van der Waals surface area contributed by atoms with Crippen LogP contribution in [-0.2, 0) is 9.59 Å². The number of carbonyl (C=O) groups is 2. The minimum atomic E-state index is -1.11. The summed E-state index contributed by atoms with van der Waals surface area (Å²) in [5.74, 6) is -0.742. The molecule has 7 nitrogen and oxygen atoms in total. The van der Waals surface area contributed by atoms with Crippen molar-refractivity contribution in [1.29, 1.82) is 0 Å². The van der Waals surface area contributed by atoms with Crippen LogP contribution in [0.3, 0.4) is 0 Å². The van der Waals surface area contributed by atoms with E-state index in [1.54, 1.807) is 10.8 Å². The molecule has 1 aliphatic rings. The number of nitrogens with zero attached hydrogens (tertiary/aromatic N) is 3. The molecule has 0 saturated carbocycles. The van der Waals surface area contributed by atoms with Gasteiger partial charge < -0.3 is 9.84 Å². The second kappa shape index (κ2) is 10.2. The largest absolute Gasteiger partial charge is 0.494 e. The van der Waals surface area contributed by atoms with Crippen LogP contribution in [0.5, 0.6) is 5.75 Å². The van der Waals surface area contributed by atoms with Crippen LogP contribution in [0, 0.1) is 6.92 Å². The van der Waals surface area contributed by atoms with Crippen molar-refractivity contribution < 1.29 is 19.4 Å². The maximum absolute atomic E-state index is 12.8. The molecule has 174 valence electrons. The zero-order valence-electron chi connectivity index (χ0n) is 18.7. The number of amides is 1. The Morgan fingerprint density at radius 3 is 2.68 bits per heavy atom. The molecule has 0 atom stereocenters. The van der Waals surface area contributed by atoms with Crippen molar-refractivity contribution >= 4 is 46.3 Å². The van der Waals surface area contributed by atoms with Crippen LogP contribution in [0.15, 0.2) is 59.6 Å². The molecular weight excluding hydrogens is 470 g/mol. The van der Waals surface area contributed by atoms with Crippen LogP contribution < -0.4 is 4.74 Å². The number of aliphatic carboxylic acids is 1. The number of carboxylic acid groups (broad SMARTS) is 1. The lowest BCUT2D eigenvalue weighted by atomic mass is 10.0. The lowest BCUT2D eigenvalue weighted by molar-refractivity contribution is -0.140. The van der Waals surface area contributed by atoms with E-state index in [0.717, 1.165) is 51.2 Å². The number of para-hydroxylation sites is 1. The summed E-state index contributed by atoms with van der Waals surface area (Å²) in [6, 6.07) is 15.5. The van der Waals surface area contributed by atoms with E-state index in [4.69, 9.17) is 27.2 Å². The summed E-state index contributed by atoms with van der Waals surface area (Å²) in [7, 11) is 0. The molecule has 34 heavy (non-hydrogen) atoms. The maximum atomic E-state index is 12.8. The summed E-state index contributed by atoms with van der Waals surface area (Å²) < 4.78 is 7.75. The Bertz CT molecular complexity index is 1280. The van der Waals surface area contributed by atoms with Crippen LogP contribution in [-0.4, -0.2) is 49.1 Å². The molecule has 2 aromatic carbocycles. The molecule has 0 radical (unpaired) electrons. The number of thioether (sulfide) groups is 1. The topological polar surface area (TPSA) is 84.7 Å². The van der Waals surface area contributed by atoms with Gasteiger partial charge in [-0.3, -0.25) is 14.5 Å². The van der Waals surface area contributed by atoms with E-state index in [0.29, 0.717) is 17.2 Å². The number of ether oxygens (including phenoxy) is 1. The molecular formula is C25H23N3O4S2. The molecule has 3 aromatic rings. The lowest BCUT2D eigenvalue weighted by Gasteiger charge is -2.10. The van der Waals surface area contributed by atoms with E-state index in [2.05, 4.69) is 6.92 Å². The average Bonchev–Trinajstić information content (AvgIpc) is 3.34. The van der Waals surface area contributed by atoms with E-state index in [-0.39, 0.29) is 4.32 Å². The van der Waals surface area contributed by atoms with Crippen LogP contribution in [0.2, 0.25) is 0 Å². The molecule has 2 heterocycles. The van der Waals surface area contributed by atoms with Crippen molar-refractivity contribution in [2.24, 2.45) is 0 Å². The van der Waals surface area contributed by atoms with Gasteiger partial charge in [0.2, 0.25) is 0 Å². The smallest absolute Gasteiger partial charge is 0.323 e. The fourth-order valence-corrected chi connectivity index (χ4v) is 4.79. The molecule has 1 aromatic heterocycles. The molecule has 0 unspecified atom stereocenters. The standard InChI is InChI=1S/C25H23N3O4S2/c1-3-11-32-19-9-10-20(16(2)12-19)23-17(14-28(26-23)18-7-5-4-6-8-18)13-21-24(31)27(15-22(29)30)25(33)34-21/h4-10,12-14H,3,11,15H2,1-2H3,(H,29,30)/b21-13-. The first-order valence-electron chi connectivity index (χ1n) is 10.7. The van der Waals surface area contributed by atoms with Gasteiger partial charge in [-0.1, -0.05) is 49.1 Å². The predicted molar refractivity (Wildman–Crippen MR) is 137 cm³/mol. The molecule has 0 spiro atoms. The van der Waals surface area contributed by atoms with Gasteiger partial charge in [0.15, 0.2) is 0 Å². The first-order chi connectivity index (χ1) is 16.4. The molecule has 1 saturated heterocycles. The second-order valence-corrected chi connectivity index (χ2v) is 9.38. The van der Waals surface area contributed by atoms with Crippen molar-refractivity contribution in [3.63, 3.8) is 0 Å². The highest BCUT2D eigenvalue weighted by Gasteiger charge is 2.33. The lowest BCUT2D eigenvalue weighted by Crippen LogP contribution is -2.33. The van der Waals surface area contributed by atoms with Crippen molar-refractivity contribution in [3.8, 4) is 22.7 Å². The SMILES string of the molecule is CCCOc1ccc(-c2nn(-c3ccccc3)cc2/C=C2\SC(=S)N(CC(=O)O)C2=O)c(C)c1. The van der Waals surface area contributed by atoms with Gasteiger partial charge >= 0.3 is 5.97 Å². The van der Waals surface area contributed by atoms with Gasteiger partial charge in [0.25, 0.3) is 5.91 Å². The average molecular weight is 494 g/mol. The van der Waals surface area contributed by atoms with Gasteiger partial charge in [0.1, 0.15) is 22.3 Å². The Morgan fingerprint density at radius 2 is 2.00 bits per heavy atom. The number of hydrogen-bond donors (Lipinski definition) is 1. The van der Waals surface area contributed by atoms with Crippen LogP contribution in [0.4, 0.5) is 0 Å². The monoisotopic (exact) mass is 493 g/mol. The zero-order chi connectivity index (χ0) is 24.2. The highest BCUT2D eigenvalue weighted by Crippen LogP contribution is 2.36. The van der Waals surface area contributed by atoms with Crippen LogP contribution in [0.25, 0.3) is 23.0 Å². The van der Waals surface area contributed by atoms with Gasteiger partial charge in [-0.25, -0.2) is 4.68 Å². The molecule has 1 amide bonds. The third kappa shape index (κ3) is 5.05. The molecule has 0 bridgehead atoms. The highest BCUT2D eigenvalue weighted by molar-refractivity contribution is 8.26. The molecule has 1 fully saturated rings. The van der Waals surface area contributed by atoms with Gasteiger partial charge in [-0.05, 0) is 55.3 Å². The number of aromatic nitrogens is 2. The summed E-state index contributed by atoms with van der Waals surface area (Å²) in [6.07, 6.45) is 4.51. The quantitative estimate of drug-likeness (QED) is 0.352. The Labute approximate surface area is 207 Å². The molecule has 1 N–H and O–H groups in total. The summed E-state index contributed by atoms with van der Waals surface area (Å²) in [6.45, 7) is 4.23. The molecule has 4 rings (SSSR count). The number of thiocarbonyl (C=S) groups is 1. The number of carbonyl (C=O) groups excluding carboxylic acids is 1. The fraction of sp³-hybridized carbons (Fsp3) is 0.200. The predicted octanol–water partition coefficient (Wildman–Crippen LogP) is 4.92. The van der Waals surface area contributed by atoms with E-state index in [1.165, 1.54) is 0 Å². The number of aryl methyl sites for hydroxylation is 1. The third-order valence-electron chi connectivity index (χ3n) is 5.14. The summed E-state index contributed by atoms with van der Waals surface area (Å²) in [5, 5.41) is 13.9. The van der Waals surface area contributed by atoms with E-state index in [9.17, 15) is 9.59 Å². The van der Waals surface area contributed by atoms with Crippen LogP contribution in [0.1, 0.15) is 24.5 Å². The first kappa shape index (κ1) is 23.7. The number of benzene rings is 2. The summed E-state index contributed by atoms with van der Waals surface area (Å²) >= 11 is 6.33.